The van der Waals surface area contributed by atoms with Crippen molar-refractivity contribution in [2.75, 3.05) is 6.54 Å². The molecule has 2 atom stereocenters. The SMILES string of the molecule is O=C(O)C[C@H](NC(=O)N[C@@H](CCCCNC(=O)c1cnc([18F])cn1)C(=O)O)C(=O)O. The Morgan fingerprint density at radius 3 is 2.10 bits per heavy atom. The number of rotatable bonds is 12. The summed E-state index contributed by atoms with van der Waals surface area (Å²) in [6.45, 7) is 0.149. The molecule has 0 radical (unpaired) electrons. The minimum atomic E-state index is -1.72. The molecule has 0 unspecified atom stereocenters. The Labute approximate surface area is 168 Å². The van der Waals surface area contributed by atoms with Crippen LogP contribution < -0.4 is 16.0 Å². The molecule has 0 fully saturated rings. The number of amides is 3. The summed E-state index contributed by atoms with van der Waals surface area (Å²) in [5, 5.41) is 33.1. The number of carbonyl (C=O) groups excluding carboxylic acids is 2. The number of carbonyl (C=O) groups is 5. The first-order valence-electron chi connectivity index (χ1n) is 8.60. The fourth-order valence-electron chi connectivity index (χ4n) is 2.19. The van der Waals surface area contributed by atoms with Crippen LogP contribution in [0.3, 0.4) is 0 Å². The average molecular weight is 428 g/mol. The van der Waals surface area contributed by atoms with Crippen molar-refractivity contribution < 1.29 is 43.7 Å². The van der Waals surface area contributed by atoms with E-state index in [1.807, 2.05) is 5.32 Å². The number of urea groups is 1. The van der Waals surface area contributed by atoms with Crippen LogP contribution in [0, 0.1) is 5.95 Å². The third-order valence-corrected chi connectivity index (χ3v) is 3.64. The van der Waals surface area contributed by atoms with Gasteiger partial charge in [-0.05, 0) is 19.3 Å². The molecule has 1 aromatic rings. The van der Waals surface area contributed by atoms with Crippen LogP contribution in [0.2, 0.25) is 0 Å². The fourth-order valence-corrected chi connectivity index (χ4v) is 2.19. The molecule has 1 aromatic heterocycles. The second-order valence-corrected chi connectivity index (χ2v) is 5.97. The zero-order valence-corrected chi connectivity index (χ0v) is 15.5. The lowest BCUT2D eigenvalue weighted by molar-refractivity contribution is -0.145. The molecule has 0 aliphatic carbocycles. The van der Waals surface area contributed by atoms with E-state index in [4.69, 9.17) is 15.3 Å². The second-order valence-electron chi connectivity index (χ2n) is 5.97. The van der Waals surface area contributed by atoms with Crippen molar-refractivity contribution in [2.24, 2.45) is 0 Å². The van der Waals surface area contributed by atoms with E-state index in [2.05, 4.69) is 20.6 Å². The van der Waals surface area contributed by atoms with Crippen LogP contribution in [-0.4, -0.2) is 73.8 Å². The van der Waals surface area contributed by atoms with Crippen LogP contribution in [0.4, 0.5) is 9.18 Å². The molecule has 30 heavy (non-hydrogen) atoms. The number of nitrogens with one attached hydrogen (secondary N) is 3. The lowest BCUT2D eigenvalue weighted by Crippen LogP contribution is -2.51. The van der Waals surface area contributed by atoms with Crippen LogP contribution in [0.25, 0.3) is 0 Å². The van der Waals surface area contributed by atoms with E-state index in [1.165, 1.54) is 0 Å². The van der Waals surface area contributed by atoms with Gasteiger partial charge in [-0.15, -0.1) is 0 Å². The second kappa shape index (κ2) is 11.9. The van der Waals surface area contributed by atoms with Gasteiger partial charge in [0.15, 0.2) is 0 Å². The molecule has 0 saturated carbocycles. The first-order chi connectivity index (χ1) is 14.1. The summed E-state index contributed by atoms with van der Waals surface area (Å²) in [5.41, 5.74) is -0.0903. The molecule has 0 aliphatic rings. The molecule has 1 rings (SSSR count). The molecular formula is C16H20FN5O8. The molecule has 14 heteroatoms. The highest BCUT2D eigenvalue weighted by Gasteiger charge is 2.25. The van der Waals surface area contributed by atoms with Crippen LogP contribution in [-0.2, 0) is 14.4 Å². The molecule has 0 aromatic carbocycles. The summed E-state index contributed by atoms with van der Waals surface area (Å²) in [5.74, 6) is -5.83. The Hall–Kier alpha value is -3.84. The van der Waals surface area contributed by atoms with Crippen molar-refractivity contribution in [3.63, 3.8) is 0 Å². The minimum Gasteiger partial charge on any atom is -0.481 e. The molecule has 0 aliphatic heterocycles. The highest BCUT2D eigenvalue weighted by atomic mass is 18.2. The van der Waals surface area contributed by atoms with E-state index in [1.54, 1.807) is 0 Å². The summed E-state index contributed by atoms with van der Waals surface area (Å²) in [4.78, 5) is 63.1. The number of aliphatic carboxylic acids is 3. The van der Waals surface area contributed by atoms with Gasteiger partial charge in [-0.2, -0.15) is 4.39 Å². The van der Waals surface area contributed by atoms with Gasteiger partial charge in [-0.25, -0.2) is 24.4 Å². The first kappa shape index (κ1) is 24.2. The predicted molar refractivity (Wildman–Crippen MR) is 94.9 cm³/mol. The topological polar surface area (TPSA) is 208 Å². The molecule has 3 amide bonds. The first-order valence-corrected chi connectivity index (χ1v) is 8.60. The standard InChI is InChI=1S/C16H20FN5O8/c17-11-7-19-10(6-20-11)13(25)18-4-2-1-3-8(14(26)27)21-16(30)22-9(15(28)29)5-12(23)24/h6-9H,1-5H2,(H,18,25)(H,23,24)(H,26,27)(H,28,29)(H2,21,22,30)/t8-,9-/m0/s1/i17-1. The third kappa shape index (κ3) is 8.90. The van der Waals surface area contributed by atoms with E-state index in [-0.39, 0.29) is 25.1 Å². The van der Waals surface area contributed by atoms with E-state index < -0.39 is 54.3 Å². The number of carboxylic acid groups (broad SMARTS) is 3. The Balaban J connectivity index is 2.41. The Bertz CT molecular complexity index is 788. The summed E-state index contributed by atoms with van der Waals surface area (Å²) in [6.07, 6.45) is 1.44. The number of hydrogen-bond donors (Lipinski definition) is 6. The van der Waals surface area contributed by atoms with Crippen molar-refractivity contribution in [1.29, 1.82) is 0 Å². The highest BCUT2D eigenvalue weighted by Crippen LogP contribution is 2.02. The van der Waals surface area contributed by atoms with Gasteiger partial charge in [0.2, 0.25) is 5.95 Å². The summed E-state index contributed by atoms with van der Waals surface area (Å²) >= 11 is 0. The largest absolute Gasteiger partial charge is 0.481 e. The zero-order valence-electron chi connectivity index (χ0n) is 15.5. The highest BCUT2D eigenvalue weighted by molar-refractivity contribution is 5.91. The van der Waals surface area contributed by atoms with E-state index >= 15 is 0 Å². The van der Waals surface area contributed by atoms with Crippen LogP contribution in [0.15, 0.2) is 12.4 Å². The zero-order chi connectivity index (χ0) is 22.7. The maximum atomic E-state index is 12.7. The number of carboxylic acids is 3. The van der Waals surface area contributed by atoms with Crippen LogP contribution in [0.1, 0.15) is 36.2 Å². The van der Waals surface area contributed by atoms with Crippen molar-refractivity contribution in [2.45, 2.75) is 37.8 Å². The van der Waals surface area contributed by atoms with E-state index in [0.29, 0.717) is 6.42 Å². The van der Waals surface area contributed by atoms with Crippen LogP contribution >= 0.6 is 0 Å². The minimum absolute atomic E-state index is 0.0361. The third-order valence-electron chi connectivity index (χ3n) is 3.64. The smallest absolute Gasteiger partial charge is 0.326 e. The Kier molecular flexibility index (Phi) is 9.58. The van der Waals surface area contributed by atoms with Gasteiger partial charge in [0.05, 0.1) is 18.8 Å². The summed E-state index contributed by atoms with van der Waals surface area (Å²) < 4.78 is 12.7. The van der Waals surface area contributed by atoms with Gasteiger partial charge in [-0.1, -0.05) is 0 Å². The van der Waals surface area contributed by atoms with Gasteiger partial charge >= 0.3 is 23.9 Å². The van der Waals surface area contributed by atoms with Crippen molar-refractivity contribution >= 4 is 29.8 Å². The van der Waals surface area contributed by atoms with Crippen molar-refractivity contribution in [1.82, 2.24) is 25.9 Å². The molecule has 0 saturated heterocycles. The molecule has 13 nitrogen and oxygen atoms in total. The molecule has 1 heterocycles. The predicted octanol–water partition coefficient (Wildman–Crippen LogP) is -0.804. The Morgan fingerprint density at radius 2 is 1.57 bits per heavy atom. The Morgan fingerprint density at radius 1 is 0.933 bits per heavy atom. The van der Waals surface area contributed by atoms with Gasteiger partial charge < -0.3 is 31.3 Å². The summed E-state index contributed by atoms with van der Waals surface area (Å²) in [6, 6.07) is -4.22. The number of aromatic nitrogens is 2. The number of unbranched alkanes of at least 4 members (excludes halogenated alkanes) is 1. The van der Waals surface area contributed by atoms with E-state index in [9.17, 15) is 28.4 Å². The van der Waals surface area contributed by atoms with Crippen molar-refractivity contribution in [3.8, 4) is 0 Å². The maximum absolute atomic E-state index is 12.7. The lowest BCUT2D eigenvalue weighted by atomic mass is 10.1. The van der Waals surface area contributed by atoms with Gasteiger partial charge in [0.1, 0.15) is 17.8 Å². The molecule has 0 bridgehead atoms. The van der Waals surface area contributed by atoms with Crippen LogP contribution in [0.5, 0.6) is 0 Å². The van der Waals surface area contributed by atoms with E-state index in [0.717, 1.165) is 12.4 Å². The number of nitrogens with zero attached hydrogens (tertiary/aromatic N) is 2. The molecule has 164 valence electrons. The van der Waals surface area contributed by atoms with Gasteiger partial charge in [-0.3, -0.25) is 9.59 Å². The summed E-state index contributed by atoms with van der Waals surface area (Å²) in [7, 11) is 0. The average Bonchev–Trinajstić information content (AvgIpc) is 2.66. The monoisotopic (exact) mass is 428 g/mol. The fraction of sp³-hybridized carbons (Fsp3) is 0.438. The lowest BCUT2D eigenvalue weighted by Gasteiger charge is -2.17. The normalized spacial score (nSPS) is 12.3. The van der Waals surface area contributed by atoms with Gasteiger partial charge in [0, 0.05) is 6.54 Å². The maximum Gasteiger partial charge on any atom is 0.326 e. The molecule has 0 spiro atoms. The molecular weight excluding hydrogens is 408 g/mol. The van der Waals surface area contributed by atoms with Crippen molar-refractivity contribution in [3.05, 3.63) is 24.0 Å². The number of halogens is 1. The quantitative estimate of drug-likeness (QED) is 0.228. The number of hydrogen-bond acceptors (Lipinski definition) is 7. The molecule has 6 N–H and O–H groups in total. The van der Waals surface area contributed by atoms with Gasteiger partial charge in [0.25, 0.3) is 5.91 Å².